The molecule has 0 amide bonds. The van der Waals surface area contributed by atoms with E-state index in [0.29, 0.717) is 36.1 Å². The molecule has 4 heterocycles. The van der Waals surface area contributed by atoms with Gasteiger partial charge < -0.3 is 20.3 Å². The number of piperazine rings is 1. The van der Waals surface area contributed by atoms with Crippen molar-refractivity contribution in [3.05, 3.63) is 48.3 Å². The van der Waals surface area contributed by atoms with Crippen molar-refractivity contribution in [3.63, 3.8) is 0 Å². The number of aromatic amines is 1. The van der Waals surface area contributed by atoms with Crippen molar-refractivity contribution in [2.45, 2.75) is 19.8 Å². The third-order valence-electron chi connectivity index (χ3n) is 5.23. The number of nitriles is 1. The Kier molecular flexibility index (Phi) is 6.86. The van der Waals surface area contributed by atoms with E-state index in [-0.39, 0.29) is 0 Å². The van der Waals surface area contributed by atoms with E-state index in [4.69, 9.17) is 0 Å². The SMILES string of the molecule is CCNC(O)Nc1cc(CN2CCN(c3ccc(-c4ncc[nH]4)nc3C#N)CC2)ncn1. The molecule has 0 spiro atoms. The van der Waals surface area contributed by atoms with E-state index in [1.807, 2.05) is 25.1 Å². The smallest absolute Gasteiger partial charge is 0.182 e. The number of anilines is 2. The Labute approximate surface area is 186 Å². The molecule has 11 heteroatoms. The molecule has 1 unspecified atom stereocenters. The second-order valence-electron chi connectivity index (χ2n) is 7.38. The van der Waals surface area contributed by atoms with Gasteiger partial charge in [0.1, 0.15) is 23.9 Å². The van der Waals surface area contributed by atoms with Crippen molar-refractivity contribution < 1.29 is 5.11 Å². The van der Waals surface area contributed by atoms with Crippen LogP contribution in [0.25, 0.3) is 11.5 Å². The Morgan fingerprint density at radius 1 is 1.22 bits per heavy atom. The van der Waals surface area contributed by atoms with Crippen molar-refractivity contribution in [2.24, 2.45) is 0 Å². The number of rotatable bonds is 8. The molecule has 4 rings (SSSR count). The summed E-state index contributed by atoms with van der Waals surface area (Å²) in [5.41, 5.74) is 2.77. The van der Waals surface area contributed by atoms with Crippen LogP contribution in [0, 0.1) is 11.3 Å². The average molecular weight is 435 g/mol. The van der Waals surface area contributed by atoms with Crippen LogP contribution < -0.4 is 15.5 Å². The lowest BCUT2D eigenvalue weighted by atomic mass is 10.2. The fourth-order valence-electron chi connectivity index (χ4n) is 3.65. The molecule has 1 aliphatic heterocycles. The molecule has 1 saturated heterocycles. The van der Waals surface area contributed by atoms with Gasteiger partial charge in [0.15, 0.2) is 17.9 Å². The summed E-state index contributed by atoms with van der Waals surface area (Å²) in [6.07, 6.45) is 4.04. The predicted octanol–water partition coefficient (Wildman–Crippen LogP) is 0.753. The normalized spacial score (nSPS) is 15.3. The second kappa shape index (κ2) is 10.1. The maximum absolute atomic E-state index is 9.83. The van der Waals surface area contributed by atoms with Crippen LogP contribution in [0.1, 0.15) is 18.3 Å². The minimum atomic E-state index is -0.853. The molecule has 11 nitrogen and oxygen atoms in total. The van der Waals surface area contributed by atoms with E-state index < -0.39 is 6.35 Å². The zero-order chi connectivity index (χ0) is 22.3. The Hall–Kier alpha value is -3.59. The summed E-state index contributed by atoms with van der Waals surface area (Å²) in [5, 5.41) is 25.2. The van der Waals surface area contributed by atoms with E-state index in [1.165, 1.54) is 6.33 Å². The van der Waals surface area contributed by atoms with E-state index in [2.05, 4.69) is 51.4 Å². The topological polar surface area (TPSA) is 142 Å². The Balaban J connectivity index is 1.36. The Bertz CT molecular complexity index is 1060. The molecule has 32 heavy (non-hydrogen) atoms. The van der Waals surface area contributed by atoms with Crippen molar-refractivity contribution >= 4 is 11.5 Å². The molecule has 0 radical (unpaired) electrons. The van der Waals surface area contributed by atoms with Gasteiger partial charge in [0, 0.05) is 51.2 Å². The number of H-pyrrole nitrogens is 1. The number of aliphatic hydroxyl groups is 1. The van der Waals surface area contributed by atoms with Crippen LogP contribution in [0.4, 0.5) is 11.5 Å². The van der Waals surface area contributed by atoms with Crippen LogP contribution in [0.15, 0.2) is 36.9 Å². The lowest BCUT2D eigenvalue weighted by molar-refractivity contribution is 0.167. The first-order valence-electron chi connectivity index (χ1n) is 10.5. The minimum absolute atomic E-state index is 0.401. The second-order valence-corrected chi connectivity index (χ2v) is 7.38. The zero-order valence-corrected chi connectivity index (χ0v) is 17.9. The molecular formula is C21H26N10O. The van der Waals surface area contributed by atoms with Crippen molar-refractivity contribution in [2.75, 3.05) is 42.9 Å². The largest absolute Gasteiger partial charge is 0.367 e. The molecule has 4 N–H and O–H groups in total. The molecule has 0 aliphatic carbocycles. The number of pyridine rings is 1. The average Bonchev–Trinajstić information content (AvgIpc) is 3.35. The molecule has 1 aliphatic rings. The van der Waals surface area contributed by atoms with E-state index in [1.54, 1.807) is 12.4 Å². The van der Waals surface area contributed by atoms with E-state index in [0.717, 1.165) is 37.6 Å². The van der Waals surface area contributed by atoms with Crippen LogP contribution >= 0.6 is 0 Å². The van der Waals surface area contributed by atoms with Crippen LogP contribution in [0.3, 0.4) is 0 Å². The number of nitrogens with zero attached hydrogens (tertiary/aromatic N) is 7. The van der Waals surface area contributed by atoms with Gasteiger partial charge in [0.2, 0.25) is 0 Å². The maximum atomic E-state index is 9.83. The highest BCUT2D eigenvalue weighted by Gasteiger charge is 2.21. The highest BCUT2D eigenvalue weighted by Crippen LogP contribution is 2.24. The van der Waals surface area contributed by atoms with Gasteiger partial charge in [-0.05, 0) is 18.7 Å². The van der Waals surface area contributed by atoms with Crippen LogP contribution in [-0.2, 0) is 6.54 Å². The van der Waals surface area contributed by atoms with Crippen LogP contribution in [0.2, 0.25) is 0 Å². The van der Waals surface area contributed by atoms with Gasteiger partial charge in [-0.25, -0.2) is 19.9 Å². The number of aromatic nitrogens is 5. The molecule has 166 valence electrons. The van der Waals surface area contributed by atoms with Crippen molar-refractivity contribution in [3.8, 4) is 17.6 Å². The first kappa shape index (κ1) is 21.6. The third-order valence-corrected chi connectivity index (χ3v) is 5.23. The summed E-state index contributed by atoms with van der Waals surface area (Å²) >= 11 is 0. The number of hydrogen-bond donors (Lipinski definition) is 4. The summed E-state index contributed by atoms with van der Waals surface area (Å²) < 4.78 is 0. The highest BCUT2D eigenvalue weighted by molar-refractivity contribution is 5.62. The quantitative estimate of drug-likeness (QED) is 0.375. The Morgan fingerprint density at radius 2 is 2.06 bits per heavy atom. The van der Waals surface area contributed by atoms with Gasteiger partial charge in [0.25, 0.3) is 0 Å². The van der Waals surface area contributed by atoms with Crippen LogP contribution in [-0.4, -0.2) is 74.0 Å². The molecule has 1 atom stereocenters. The maximum Gasteiger partial charge on any atom is 0.182 e. The predicted molar refractivity (Wildman–Crippen MR) is 119 cm³/mol. The Morgan fingerprint density at radius 3 is 2.78 bits per heavy atom. The summed E-state index contributed by atoms with van der Waals surface area (Å²) in [7, 11) is 0. The highest BCUT2D eigenvalue weighted by atomic mass is 16.3. The lowest BCUT2D eigenvalue weighted by Crippen LogP contribution is -2.46. The summed E-state index contributed by atoms with van der Waals surface area (Å²) in [6.45, 7) is 6.47. The standard InChI is InChI=1S/C21H26N10O/c1-2-23-21(32)29-19-11-15(26-14-27-19)13-30-7-9-31(10-8-30)18-4-3-16(28-17(18)12-22)20-24-5-6-25-20/h3-6,11,14,21,23,32H,2,7-10,13H2,1H3,(H,24,25)(H,26,27,29). The van der Waals surface area contributed by atoms with Crippen molar-refractivity contribution in [1.29, 1.82) is 5.26 Å². The van der Waals surface area contributed by atoms with Crippen molar-refractivity contribution in [1.82, 2.24) is 35.1 Å². The number of hydrogen-bond acceptors (Lipinski definition) is 10. The third kappa shape index (κ3) is 5.17. The van der Waals surface area contributed by atoms with E-state index >= 15 is 0 Å². The van der Waals surface area contributed by atoms with Gasteiger partial charge >= 0.3 is 0 Å². The fourth-order valence-corrected chi connectivity index (χ4v) is 3.65. The van der Waals surface area contributed by atoms with Gasteiger partial charge in [-0.3, -0.25) is 10.2 Å². The van der Waals surface area contributed by atoms with Gasteiger partial charge in [0.05, 0.1) is 11.4 Å². The number of nitrogens with one attached hydrogen (secondary N) is 3. The fraction of sp³-hybridized carbons (Fsp3) is 0.381. The minimum Gasteiger partial charge on any atom is -0.367 e. The first-order valence-corrected chi connectivity index (χ1v) is 10.5. The zero-order valence-electron chi connectivity index (χ0n) is 17.9. The first-order chi connectivity index (χ1) is 15.7. The van der Waals surface area contributed by atoms with Gasteiger partial charge in [-0.1, -0.05) is 6.92 Å². The van der Waals surface area contributed by atoms with E-state index in [9.17, 15) is 10.4 Å². The molecule has 0 aromatic carbocycles. The number of imidazole rings is 1. The summed E-state index contributed by atoms with van der Waals surface area (Å²) in [5.74, 6) is 1.22. The summed E-state index contributed by atoms with van der Waals surface area (Å²) in [6, 6.07) is 7.89. The molecular weight excluding hydrogens is 408 g/mol. The molecule has 0 bridgehead atoms. The molecule has 1 fully saturated rings. The molecule has 3 aromatic rings. The molecule has 3 aromatic heterocycles. The van der Waals surface area contributed by atoms with Gasteiger partial charge in [-0.2, -0.15) is 5.26 Å². The van der Waals surface area contributed by atoms with Gasteiger partial charge in [-0.15, -0.1) is 0 Å². The van der Waals surface area contributed by atoms with Crippen LogP contribution in [0.5, 0.6) is 0 Å². The lowest BCUT2D eigenvalue weighted by Gasteiger charge is -2.36. The molecule has 0 saturated carbocycles. The monoisotopic (exact) mass is 434 g/mol. The number of aliphatic hydroxyl groups excluding tert-OH is 1. The summed E-state index contributed by atoms with van der Waals surface area (Å²) in [4.78, 5) is 24.7.